The van der Waals surface area contributed by atoms with E-state index in [1.807, 2.05) is 0 Å². The summed E-state index contributed by atoms with van der Waals surface area (Å²) in [4.78, 5) is 10.7. The minimum Gasteiger partial charge on any atom is -0.481 e. The Morgan fingerprint density at radius 2 is 2.17 bits per heavy atom. The number of rotatable bonds is 5. The van der Waals surface area contributed by atoms with Crippen LogP contribution in [0.2, 0.25) is 0 Å². The summed E-state index contributed by atoms with van der Waals surface area (Å²) >= 11 is 1.04. The summed E-state index contributed by atoms with van der Waals surface area (Å²) in [5, 5.41) is 9.25. The Bertz CT molecular complexity index is 196. The van der Waals surface area contributed by atoms with Crippen LogP contribution in [0.25, 0.3) is 0 Å². The molecule has 0 radical (unpaired) electrons. The van der Waals surface area contributed by atoms with E-state index in [1.165, 1.54) is 6.92 Å². The van der Waals surface area contributed by atoms with E-state index in [-0.39, 0.29) is 5.75 Å². The van der Waals surface area contributed by atoms with Crippen molar-refractivity contribution in [1.82, 2.24) is 0 Å². The Morgan fingerprint density at radius 3 is 2.42 bits per heavy atom. The quantitative estimate of drug-likeness (QED) is 0.572. The van der Waals surface area contributed by atoms with Gasteiger partial charge in [0, 0.05) is 5.33 Å². The van der Waals surface area contributed by atoms with Crippen LogP contribution in [0.4, 0.5) is 0 Å². The highest BCUT2D eigenvalue weighted by Gasteiger charge is 2.34. The van der Waals surface area contributed by atoms with E-state index in [4.69, 9.17) is 9.66 Å². The van der Waals surface area contributed by atoms with Gasteiger partial charge in [-0.05, 0) is 13.3 Å². The van der Waals surface area contributed by atoms with Crippen LogP contribution in [-0.4, -0.2) is 30.9 Å². The predicted molar refractivity (Wildman–Crippen MR) is 49.8 cm³/mol. The first-order valence-electron chi connectivity index (χ1n) is 3.29. The van der Waals surface area contributed by atoms with Crippen LogP contribution in [0.3, 0.4) is 0 Å². The average Bonchev–Trinajstić information content (AvgIpc) is 1.85. The summed E-state index contributed by atoms with van der Waals surface area (Å²) in [6.45, 7) is 1.46. The molecule has 0 aromatic heterocycles. The van der Waals surface area contributed by atoms with Gasteiger partial charge >= 0.3 is 5.97 Å². The molecule has 2 N–H and O–H groups in total. The van der Waals surface area contributed by atoms with Crippen LogP contribution in [0.1, 0.15) is 13.3 Å². The molecule has 0 aromatic rings. The molecular formula is C6H11BrO4S. The van der Waals surface area contributed by atoms with E-state index in [1.54, 1.807) is 0 Å². The van der Waals surface area contributed by atoms with Crippen LogP contribution in [0.15, 0.2) is 0 Å². The summed E-state index contributed by atoms with van der Waals surface area (Å²) in [6, 6.07) is 0. The molecule has 0 amide bonds. The predicted octanol–water partition coefficient (Wildman–Crippen LogP) is 1.08. The lowest BCUT2D eigenvalue weighted by Crippen LogP contribution is -2.33. The molecule has 2 atom stereocenters. The number of hydrogen-bond donors (Lipinski definition) is 2. The lowest BCUT2D eigenvalue weighted by atomic mass is 9.90. The van der Waals surface area contributed by atoms with E-state index >= 15 is 0 Å². The third-order valence-corrected chi connectivity index (χ3v) is 2.89. The molecule has 0 saturated heterocycles. The van der Waals surface area contributed by atoms with Gasteiger partial charge in [-0.25, -0.2) is 4.21 Å². The fraction of sp³-hybridized carbons (Fsp3) is 0.833. The van der Waals surface area contributed by atoms with Gasteiger partial charge in [0.15, 0.2) is 11.1 Å². The van der Waals surface area contributed by atoms with Crippen molar-refractivity contribution in [1.29, 1.82) is 0 Å². The Kier molecular flexibility index (Phi) is 4.96. The van der Waals surface area contributed by atoms with Crippen molar-refractivity contribution in [2.45, 2.75) is 13.3 Å². The average molecular weight is 259 g/mol. The maximum absolute atomic E-state index is 10.7. The second kappa shape index (κ2) is 4.94. The molecular weight excluding hydrogens is 248 g/mol. The van der Waals surface area contributed by atoms with Crippen molar-refractivity contribution in [3.8, 4) is 0 Å². The number of carboxylic acids is 1. The van der Waals surface area contributed by atoms with Gasteiger partial charge in [-0.15, -0.1) is 0 Å². The fourth-order valence-corrected chi connectivity index (χ4v) is 2.41. The number of hydrogen-bond acceptors (Lipinski definition) is 2. The van der Waals surface area contributed by atoms with Crippen LogP contribution < -0.4 is 0 Å². The van der Waals surface area contributed by atoms with E-state index in [0.717, 1.165) is 0 Å². The first-order valence-corrected chi connectivity index (χ1v) is 5.69. The van der Waals surface area contributed by atoms with Crippen molar-refractivity contribution in [3.63, 3.8) is 0 Å². The summed E-state index contributed by atoms with van der Waals surface area (Å²) in [5.74, 6) is -1.27. The van der Waals surface area contributed by atoms with Gasteiger partial charge in [0.2, 0.25) is 0 Å². The smallest absolute Gasteiger partial charge is 0.310 e. The van der Waals surface area contributed by atoms with E-state index in [0.29, 0.717) is 11.8 Å². The molecule has 0 aliphatic rings. The zero-order valence-electron chi connectivity index (χ0n) is 6.62. The second-order valence-corrected chi connectivity index (χ2v) is 4.50. The number of alkyl halides is 1. The van der Waals surface area contributed by atoms with Crippen LogP contribution >= 0.6 is 15.9 Å². The van der Waals surface area contributed by atoms with Gasteiger partial charge in [-0.1, -0.05) is 15.9 Å². The highest BCUT2D eigenvalue weighted by Crippen LogP contribution is 2.23. The zero-order valence-corrected chi connectivity index (χ0v) is 9.02. The molecule has 0 aromatic carbocycles. The Morgan fingerprint density at radius 1 is 1.67 bits per heavy atom. The van der Waals surface area contributed by atoms with E-state index in [2.05, 4.69) is 15.9 Å². The Balaban J connectivity index is 4.38. The highest BCUT2D eigenvalue weighted by molar-refractivity contribution is 9.09. The maximum Gasteiger partial charge on any atom is 0.310 e. The Hall–Kier alpha value is 0.0600. The van der Waals surface area contributed by atoms with Gasteiger partial charge < -0.3 is 9.66 Å². The van der Waals surface area contributed by atoms with Crippen LogP contribution in [0, 0.1) is 5.41 Å². The SMILES string of the molecule is CC(CCBr)(CS(=O)O)C(=O)O. The third kappa shape index (κ3) is 3.64. The fourth-order valence-electron chi connectivity index (χ4n) is 0.722. The molecule has 0 fully saturated rings. The van der Waals surface area contributed by atoms with E-state index < -0.39 is 22.5 Å². The number of carboxylic acid groups (broad SMARTS) is 1. The lowest BCUT2D eigenvalue weighted by molar-refractivity contribution is -0.146. The first-order chi connectivity index (χ1) is 5.42. The van der Waals surface area contributed by atoms with Gasteiger partial charge in [-0.3, -0.25) is 4.79 Å². The molecule has 72 valence electrons. The normalized spacial score (nSPS) is 18.2. The molecule has 12 heavy (non-hydrogen) atoms. The topological polar surface area (TPSA) is 74.6 Å². The minimum atomic E-state index is -2.06. The summed E-state index contributed by atoms with van der Waals surface area (Å²) < 4.78 is 19.0. The monoisotopic (exact) mass is 258 g/mol. The van der Waals surface area contributed by atoms with Gasteiger partial charge in [0.25, 0.3) is 0 Å². The van der Waals surface area contributed by atoms with E-state index in [9.17, 15) is 9.00 Å². The number of halogens is 1. The maximum atomic E-state index is 10.7. The Labute approximate surface area is 81.8 Å². The highest BCUT2D eigenvalue weighted by atomic mass is 79.9. The zero-order chi connectivity index (χ0) is 9.78. The molecule has 0 rings (SSSR count). The molecule has 0 bridgehead atoms. The second-order valence-electron chi connectivity index (χ2n) is 2.77. The molecule has 0 aliphatic carbocycles. The van der Waals surface area contributed by atoms with Gasteiger partial charge in [0.05, 0.1) is 11.2 Å². The largest absolute Gasteiger partial charge is 0.481 e. The van der Waals surface area contributed by atoms with Crippen molar-refractivity contribution < 1.29 is 18.7 Å². The molecule has 0 heterocycles. The van der Waals surface area contributed by atoms with Gasteiger partial charge in [-0.2, -0.15) is 0 Å². The van der Waals surface area contributed by atoms with Crippen molar-refractivity contribution >= 4 is 33.0 Å². The van der Waals surface area contributed by atoms with Crippen LogP contribution in [0.5, 0.6) is 0 Å². The van der Waals surface area contributed by atoms with Crippen molar-refractivity contribution in [2.24, 2.45) is 5.41 Å². The molecule has 0 aliphatic heterocycles. The first kappa shape index (κ1) is 12.1. The third-order valence-electron chi connectivity index (χ3n) is 1.60. The molecule has 6 heteroatoms. The standard InChI is InChI=1S/C6H11BrO4S/c1-6(2-3-7,5(8)9)4-12(10)11/h2-4H2,1H3,(H,8,9)(H,10,11). The number of aliphatic carboxylic acids is 1. The van der Waals surface area contributed by atoms with Gasteiger partial charge in [0.1, 0.15) is 0 Å². The lowest BCUT2D eigenvalue weighted by Gasteiger charge is -2.21. The molecule has 4 nitrogen and oxygen atoms in total. The van der Waals surface area contributed by atoms with Crippen LogP contribution in [-0.2, 0) is 15.9 Å². The summed E-state index contributed by atoms with van der Waals surface area (Å²) in [5.41, 5.74) is -1.11. The number of carbonyl (C=O) groups is 1. The van der Waals surface area contributed by atoms with Crippen molar-refractivity contribution in [2.75, 3.05) is 11.1 Å². The van der Waals surface area contributed by atoms with Crippen molar-refractivity contribution in [3.05, 3.63) is 0 Å². The summed E-state index contributed by atoms with van der Waals surface area (Å²) in [7, 11) is 0. The summed E-state index contributed by atoms with van der Waals surface area (Å²) in [6.07, 6.45) is 0.342. The molecule has 0 saturated carbocycles. The minimum absolute atomic E-state index is 0.228. The molecule has 0 spiro atoms. The molecule has 2 unspecified atom stereocenters.